The van der Waals surface area contributed by atoms with Gasteiger partial charge >= 0.3 is 0 Å². The average Bonchev–Trinajstić information content (AvgIpc) is 2.39. The molecule has 0 amide bonds. The third kappa shape index (κ3) is 4.46. The predicted molar refractivity (Wildman–Crippen MR) is 76.3 cm³/mol. The van der Waals surface area contributed by atoms with Crippen LogP contribution in [0.4, 0.5) is 5.69 Å². The van der Waals surface area contributed by atoms with E-state index in [1.165, 1.54) is 0 Å². The second kappa shape index (κ2) is 5.94. The molecular formula is C15H22N2O2. The molecule has 0 aromatic heterocycles. The van der Waals surface area contributed by atoms with E-state index in [0.717, 1.165) is 11.4 Å². The summed E-state index contributed by atoms with van der Waals surface area (Å²) in [6.07, 6.45) is 0.582. The molecule has 1 atom stereocenters. The van der Waals surface area contributed by atoms with Crippen LogP contribution in [0.3, 0.4) is 0 Å². The van der Waals surface area contributed by atoms with Gasteiger partial charge in [-0.25, -0.2) is 0 Å². The number of anilines is 1. The number of nitrogens with one attached hydrogen (secondary N) is 1. The molecule has 1 unspecified atom stereocenters. The van der Waals surface area contributed by atoms with Crippen LogP contribution in [0.25, 0.3) is 0 Å². The molecule has 1 N–H and O–H groups in total. The zero-order valence-corrected chi connectivity index (χ0v) is 12.3. The molecule has 4 nitrogen and oxygen atoms in total. The number of hydrogen-bond donors (Lipinski definition) is 1. The van der Waals surface area contributed by atoms with E-state index in [-0.39, 0.29) is 5.60 Å². The van der Waals surface area contributed by atoms with Crippen LogP contribution in [-0.4, -0.2) is 25.4 Å². The molecule has 0 heterocycles. The van der Waals surface area contributed by atoms with Crippen molar-refractivity contribution in [3.63, 3.8) is 0 Å². The summed E-state index contributed by atoms with van der Waals surface area (Å²) in [5.41, 5.74) is -0.158. The van der Waals surface area contributed by atoms with Crippen molar-refractivity contribution in [1.29, 1.82) is 5.26 Å². The second-order valence-electron chi connectivity index (χ2n) is 5.44. The number of ether oxygens (including phenoxy) is 2. The monoisotopic (exact) mass is 262 g/mol. The Balaban J connectivity index is 2.83. The van der Waals surface area contributed by atoms with E-state index in [0.29, 0.717) is 6.42 Å². The smallest absolute Gasteiger partial charge is 0.125 e. The molecule has 0 radical (unpaired) electrons. The van der Waals surface area contributed by atoms with Crippen molar-refractivity contribution in [3.05, 3.63) is 24.3 Å². The minimum absolute atomic E-state index is 0.357. The van der Waals surface area contributed by atoms with E-state index < -0.39 is 5.54 Å². The maximum atomic E-state index is 9.41. The van der Waals surface area contributed by atoms with Gasteiger partial charge in [0.05, 0.1) is 18.8 Å². The molecule has 104 valence electrons. The number of benzene rings is 1. The van der Waals surface area contributed by atoms with Gasteiger partial charge in [-0.3, -0.25) is 0 Å². The number of hydrogen-bond acceptors (Lipinski definition) is 4. The van der Waals surface area contributed by atoms with Crippen LogP contribution in [0.2, 0.25) is 0 Å². The molecule has 0 aliphatic rings. The molecule has 1 rings (SSSR count). The quantitative estimate of drug-likeness (QED) is 0.855. The highest BCUT2D eigenvalue weighted by atomic mass is 16.5. The minimum Gasteiger partial charge on any atom is -0.497 e. The normalized spacial score (nSPS) is 14.3. The topological polar surface area (TPSA) is 54.3 Å². The van der Waals surface area contributed by atoms with Gasteiger partial charge in [0.15, 0.2) is 0 Å². The predicted octanol–water partition coefficient (Wildman–Crippen LogP) is 3.20. The lowest BCUT2D eigenvalue weighted by atomic mass is 9.88. The lowest BCUT2D eigenvalue weighted by Crippen LogP contribution is -2.41. The van der Waals surface area contributed by atoms with Crippen molar-refractivity contribution in [1.82, 2.24) is 0 Å². The highest BCUT2D eigenvalue weighted by Crippen LogP contribution is 2.27. The van der Waals surface area contributed by atoms with Crippen LogP contribution in [-0.2, 0) is 4.74 Å². The van der Waals surface area contributed by atoms with Gasteiger partial charge < -0.3 is 14.8 Å². The average molecular weight is 262 g/mol. The van der Waals surface area contributed by atoms with E-state index in [4.69, 9.17) is 9.47 Å². The van der Waals surface area contributed by atoms with Crippen LogP contribution < -0.4 is 10.1 Å². The Morgan fingerprint density at radius 2 is 1.74 bits per heavy atom. The highest BCUT2D eigenvalue weighted by molar-refractivity contribution is 5.50. The second-order valence-corrected chi connectivity index (χ2v) is 5.44. The minimum atomic E-state index is -0.686. The standard InChI is InChI=1S/C15H22N2O2/c1-14(2,19-5)10-15(3,11-16)17-12-6-8-13(18-4)9-7-12/h6-9,17H,10H2,1-5H3. The number of nitriles is 1. The molecule has 0 saturated heterocycles. The van der Waals surface area contributed by atoms with Crippen LogP contribution in [0.5, 0.6) is 5.75 Å². The van der Waals surface area contributed by atoms with Gasteiger partial charge in [0.25, 0.3) is 0 Å². The van der Waals surface area contributed by atoms with Crippen molar-refractivity contribution in [2.75, 3.05) is 19.5 Å². The summed E-state index contributed by atoms with van der Waals surface area (Å²) < 4.78 is 10.5. The molecule has 0 aliphatic heterocycles. The Bertz CT molecular complexity index is 448. The molecule has 1 aromatic rings. The Morgan fingerprint density at radius 3 is 2.16 bits per heavy atom. The fourth-order valence-corrected chi connectivity index (χ4v) is 2.03. The van der Waals surface area contributed by atoms with E-state index >= 15 is 0 Å². The lowest BCUT2D eigenvalue weighted by Gasteiger charge is -2.33. The van der Waals surface area contributed by atoms with Crippen molar-refractivity contribution in [3.8, 4) is 11.8 Å². The van der Waals surface area contributed by atoms with Crippen LogP contribution >= 0.6 is 0 Å². The zero-order valence-electron chi connectivity index (χ0n) is 12.3. The van der Waals surface area contributed by atoms with E-state index in [9.17, 15) is 5.26 Å². The molecule has 0 fully saturated rings. The Morgan fingerprint density at radius 1 is 1.16 bits per heavy atom. The summed E-state index contributed by atoms with van der Waals surface area (Å²) in [7, 11) is 3.29. The van der Waals surface area contributed by atoms with Crippen LogP contribution in [0.1, 0.15) is 27.2 Å². The van der Waals surface area contributed by atoms with Crippen molar-refractivity contribution in [2.24, 2.45) is 0 Å². The van der Waals surface area contributed by atoms with Gasteiger partial charge in [0.1, 0.15) is 11.3 Å². The van der Waals surface area contributed by atoms with Gasteiger partial charge in [0, 0.05) is 19.2 Å². The first-order valence-electron chi connectivity index (χ1n) is 6.23. The molecule has 0 spiro atoms. The summed E-state index contributed by atoms with van der Waals surface area (Å²) in [6.45, 7) is 5.81. The lowest BCUT2D eigenvalue weighted by molar-refractivity contribution is 0.00725. The number of rotatable bonds is 6. The molecule has 1 aromatic carbocycles. The Hall–Kier alpha value is -1.73. The van der Waals surface area contributed by atoms with Gasteiger partial charge in [-0.15, -0.1) is 0 Å². The first-order chi connectivity index (χ1) is 8.84. The Labute approximate surface area is 115 Å². The third-order valence-electron chi connectivity index (χ3n) is 3.09. The SMILES string of the molecule is COc1ccc(NC(C)(C#N)CC(C)(C)OC)cc1. The first-order valence-corrected chi connectivity index (χ1v) is 6.23. The summed E-state index contributed by atoms with van der Waals surface area (Å²) in [4.78, 5) is 0. The maximum absolute atomic E-state index is 9.41. The number of nitrogens with zero attached hydrogens (tertiary/aromatic N) is 1. The van der Waals surface area contributed by atoms with Crippen molar-refractivity contribution in [2.45, 2.75) is 38.3 Å². The third-order valence-corrected chi connectivity index (χ3v) is 3.09. The van der Waals surface area contributed by atoms with Crippen LogP contribution in [0.15, 0.2) is 24.3 Å². The summed E-state index contributed by atoms with van der Waals surface area (Å²) in [6, 6.07) is 9.84. The van der Waals surface area contributed by atoms with Gasteiger partial charge in [0.2, 0.25) is 0 Å². The molecule has 0 aliphatic carbocycles. The number of methoxy groups -OCH3 is 2. The largest absolute Gasteiger partial charge is 0.497 e. The van der Waals surface area contributed by atoms with E-state index in [1.54, 1.807) is 14.2 Å². The van der Waals surface area contributed by atoms with Gasteiger partial charge in [-0.1, -0.05) is 0 Å². The highest BCUT2D eigenvalue weighted by Gasteiger charge is 2.32. The molecular weight excluding hydrogens is 240 g/mol. The van der Waals surface area contributed by atoms with Crippen molar-refractivity contribution >= 4 is 5.69 Å². The van der Waals surface area contributed by atoms with E-state index in [2.05, 4.69) is 11.4 Å². The molecule has 4 heteroatoms. The maximum Gasteiger partial charge on any atom is 0.125 e. The van der Waals surface area contributed by atoms with Crippen molar-refractivity contribution < 1.29 is 9.47 Å². The summed E-state index contributed by atoms with van der Waals surface area (Å²) in [5.74, 6) is 0.793. The molecule has 0 saturated carbocycles. The molecule has 19 heavy (non-hydrogen) atoms. The fraction of sp³-hybridized carbons (Fsp3) is 0.533. The van der Waals surface area contributed by atoms with E-state index in [1.807, 2.05) is 45.0 Å². The zero-order chi connectivity index (χ0) is 14.5. The Kier molecular flexibility index (Phi) is 4.79. The molecule has 0 bridgehead atoms. The summed E-state index contributed by atoms with van der Waals surface area (Å²) in [5, 5.41) is 12.7. The van der Waals surface area contributed by atoms with Crippen LogP contribution in [0, 0.1) is 11.3 Å². The first kappa shape index (κ1) is 15.3. The summed E-state index contributed by atoms with van der Waals surface area (Å²) >= 11 is 0. The van der Waals surface area contributed by atoms with Gasteiger partial charge in [-0.2, -0.15) is 5.26 Å². The van der Waals surface area contributed by atoms with Gasteiger partial charge in [-0.05, 0) is 45.0 Å². The fourth-order valence-electron chi connectivity index (χ4n) is 2.03.